The minimum atomic E-state index is -0.523. The van der Waals surface area contributed by atoms with Crippen molar-refractivity contribution in [2.45, 2.75) is 34.6 Å². The summed E-state index contributed by atoms with van der Waals surface area (Å²) in [7, 11) is 0. The molecule has 2 heterocycles. The fourth-order valence-electron chi connectivity index (χ4n) is 4.32. The number of hydrogen-bond acceptors (Lipinski definition) is 4. The van der Waals surface area contributed by atoms with Crippen molar-refractivity contribution in [1.29, 1.82) is 0 Å². The van der Waals surface area contributed by atoms with E-state index in [9.17, 15) is 14.4 Å². The summed E-state index contributed by atoms with van der Waals surface area (Å²) in [5, 5.41) is 5.47. The van der Waals surface area contributed by atoms with Gasteiger partial charge in [-0.1, -0.05) is 17.7 Å². The molecule has 0 unspecified atom stereocenters. The maximum atomic E-state index is 13.5. The van der Waals surface area contributed by atoms with Crippen molar-refractivity contribution in [2.75, 3.05) is 10.2 Å². The highest BCUT2D eigenvalue weighted by atomic mass is 32.1. The first-order chi connectivity index (χ1) is 16.6. The SMILES string of the molecule is CC(=O)Nc1ccc(-n2c(C)cc(/C=C3\C(=O)NC(=S)N(c4ccc(C)cc4C)C3=O)c2C)cc1. The molecule has 1 saturated heterocycles. The molecule has 0 saturated carbocycles. The zero-order chi connectivity index (χ0) is 25.4. The van der Waals surface area contributed by atoms with E-state index in [1.165, 1.54) is 11.8 Å². The van der Waals surface area contributed by atoms with Crippen LogP contribution in [0.15, 0.2) is 54.1 Å². The second-order valence-electron chi connectivity index (χ2n) is 8.64. The van der Waals surface area contributed by atoms with Gasteiger partial charge in [-0.2, -0.15) is 0 Å². The maximum Gasteiger partial charge on any atom is 0.270 e. The quantitative estimate of drug-likeness (QED) is 0.323. The van der Waals surface area contributed by atoms with Gasteiger partial charge in [-0.25, -0.2) is 0 Å². The van der Waals surface area contributed by atoms with Gasteiger partial charge >= 0.3 is 0 Å². The molecular formula is C27H26N4O3S. The minimum absolute atomic E-state index is 0.0137. The molecule has 0 radical (unpaired) electrons. The second-order valence-corrected chi connectivity index (χ2v) is 9.02. The smallest absolute Gasteiger partial charge is 0.270 e. The topological polar surface area (TPSA) is 83.4 Å². The van der Waals surface area contributed by atoms with Crippen LogP contribution in [0.3, 0.4) is 0 Å². The molecule has 0 bridgehead atoms. The molecule has 35 heavy (non-hydrogen) atoms. The average molecular weight is 487 g/mol. The first kappa shape index (κ1) is 24.1. The van der Waals surface area contributed by atoms with Gasteiger partial charge in [-0.3, -0.25) is 24.6 Å². The molecule has 1 aliphatic rings. The molecule has 3 aromatic rings. The largest absolute Gasteiger partial charge is 0.326 e. The number of nitrogens with zero attached hydrogens (tertiary/aromatic N) is 2. The third kappa shape index (κ3) is 4.65. The van der Waals surface area contributed by atoms with Gasteiger partial charge in [0, 0.05) is 29.7 Å². The predicted octanol–water partition coefficient (Wildman–Crippen LogP) is 4.50. The molecule has 1 aromatic heterocycles. The van der Waals surface area contributed by atoms with Gasteiger partial charge < -0.3 is 9.88 Å². The van der Waals surface area contributed by atoms with Crippen LogP contribution in [0.4, 0.5) is 11.4 Å². The Balaban J connectivity index is 1.72. The Morgan fingerprint density at radius 2 is 1.69 bits per heavy atom. The van der Waals surface area contributed by atoms with Crippen molar-refractivity contribution in [3.05, 3.63) is 82.2 Å². The van der Waals surface area contributed by atoms with Crippen LogP contribution in [-0.4, -0.2) is 27.4 Å². The van der Waals surface area contributed by atoms with Crippen molar-refractivity contribution in [1.82, 2.24) is 9.88 Å². The number of benzene rings is 2. The summed E-state index contributed by atoms with van der Waals surface area (Å²) in [5.41, 5.74) is 6.77. The first-order valence-electron chi connectivity index (χ1n) is 11.1. The molecule has 1 aliphatic heterocycles. The number of anilines is 2. The molecule has 8 heteroatoms. The number of aromatic nitrogens is 1. The Kier molecular flexibility index (Phi) is 6.41. The Morgan fingerprint density at radius 3 is 2.31 bits per heavy atom. The van der Waals surface area contributed by atoms with Crippen LogP contribution in [0.2, 0.25) is 0 Å². The summed E-state index contributed by atoms with van der Waals surface area (Å²) in [6.07, 6.45) is 1.61. The van der Waals surface area contributed by atoms with E-state index in [0.29, 0.717) is 11.4 Å². The molecule has 178 valence electrons. The summed E-state index contributed by atoms with van der Waals surface area (Å²) in [4.78, 5) is 38.9. The highest BCUT2D eigenvalue weighted by molar-refractivity contribution is 7.80. The van der Waals surface area contributed by atoms with Crippen molar-refractivity contribution in [3.8, 4) is 5.69 Å². The van der Waals surface area contributed by atoms with Crippen molar-refractivity contribution >= 4 is 52.5 Å². The molecule has 1 fully saturated rings. The Morgan fingerprint density at radius 1 is 1.00 bits per heavy atom. The minimum Gasteiger partial charge on any atom is -0.326 e. The number of rotatable bonds is 4. The third-order valence-corrected chi connectivity index (χ3v) is 6.20. The Labute approximate surface area is 209 Å². The van der Waals surface area contributed by atoms with E-state index in [0.717, 1.165) is 33.8 Å². The van der Waals surface area contributed by atoms with Crippen LogP contribution in [-0.2, 0) is 14.4 Å². The van der Waals surface area contributed by atoms with E-state index in [1.54, 1.807) is 6.08 Å². The van der Waals surface area contributed by atoms with E-state index >= 15 is 0 Å². The lowest BCUT2D eigenvalue weighted by Gasteiger charge is -2.30. The zero-order valence-electron chi connectivity index (χ0n) is 20.2. The molecule has 0 atom stereocenters. The number of nitrogens with one attached hydrogen (secondary N) is 2. The van der Waals surface area contributed by atoms with Gasteiger partial charge in [-0.15, -0.1) is 0 Å². The average Bonchev–Trinajstić information content (AvgIpc) is 3.05. The standard InChI is InChI=1S/C27H26N4O3S/c1-15-6-11-24(16(2)12-15)31-26(34)23(25(33)29-27(31)35)14-20-13-17(3)30(18(20)4)22-9-7-21(8-10-22)28-19(5)32/h6-14H,1-5H3,(H,28,32)(H,29,33,35)/b23-14+. The van der Waals surface area contributed by atoms with E-state index in [1.807, 2.05) is 80.8 Å². The van der Waals surface area contributed by atoms with Gasteiger partial charge in [0.2, 0.25) is 5.91 Å². The van der Waals surface area contributed by atoms with Crippen LogP contribution in [0.25, 0.3) is 11.8 Å². The highest BCUT2D eigenvalue weighted by Crippen LogP contribution is 2.28. The van der Waals surface area contributed by atoms with Crippen LogP contribution in [0, 0.1) is 27.7 Å². The van der Waals surface area contributed by atoms with Crippen LogP contribution < -0.4 is 15.5 Å². The normalized spacial score (nSPS) is 14.9. The molecule has 3 amide bonds. The lowest BCUT2D eigenvalue weighted by atomic mass is 10.0. The van der Waals surface area contributed by atoms with E-state index < -0.39 is 11.8 Å². The maximum absolute atomic E-state index is 13.5. The fraction of sp³-hybridized carbons (Fsp3) is 0.185. The molecular weight excluding hydrogens is 460 g/mol. The van der Waals surface area contributed by atoms with Crippen LogP contribution in [0.5, 0.6) is 0 Å². The number of thiocarbonyl (C=S) groups is 1. The van der Waals surface area contributed by atoms with Crippen LogP contribution >= 0.6 is 12.2 Å². The van der Waals surface area contributed by atoms with E-state index in [4.69, 9.17) is 12.2 Å². The van der Waals surface area contributed by atoms with Gasteiger partial charge in [0.1, 0.15) is 5.57 Å². The van der Waals surface area contributed by atoms with Gasteiger partial charge in [-0.05, 0) is 93.5 Å². The molecule has 2 N–H and O–H groups in total. The Hall–Kier alpha value is -4.04. The summed E-state index contributed by atoms with van der Waals surface area (Å²) in [5.74, 6) is -1.12. The first-order valence-corrected chi connectivity index (χ1v) is 11.5. The lowest BCUT2D eigenvalue weighted by Crippen LogP contribution is -2.54. The second kappa shape index (κ2) is 9.31. The summed E-state index contributed by atoms with van der Waals surface area (Å²) in [6, 6.07) is 15.1. The number of hydrogen-bond donors (Lipinski definition) is 2. The van der Waals surface area contributed by atoms with Gasteiger partial charge in [0.15, 0.2) is 5.11 Å². The predicted molar refractivity (Wildman–Crippen MR) is 142 cm³/mol. The lowest BCUT2D eigenvalue weighted by molar-refractivity contribution is -0.122. The van der Waals surface area contributed by atoms with Crippen molar-refractivity contribution in [3.63, 3.8) is 0 Å². The summed E-state index contributed by atoms with van der Waals surface area (Å²) >= 11 is 5.34. The number of carbonyl (C=O) groups is 3. The molecule has 7 nitrogen and oxygen atoms in total. The van der Waals surface area contributed by atoms with Gasteiger partial charge in [0.25, 0.3) is 11.8 Å². The van der Waals surface area contributed by atoms with Crippen molar-refractivity contribution < 1.29 is 14.4 Å². The van der Waals surface area contributed by atoms with E-state index in [-0.39, 0.29) is 16.6 Å². The Bertz CT molecular complexity index is 1420. The fourth-order valence-corrected chi connectivity index (χ4v) is 4.59. The number of aryl methyl sites for hydroxylation is 3. The monoisotopic (exact) mass is 486 g/mol. The highest BCUT2D eigenvalue weighted by Gasteiger charge is 2.35. The summed E-state index contributed by atoms with van der Waals surface area (Å²) < 4.78 is 2.03. The molecule has 2 aromatic carbocycles. The van der Waals surface area contributed by atoms with E-state index in [2.05, 4.69) is 10.6 Å². The zero-order valence-corrected chi connectivity index (χ0v) is 21.0. The third-order valence-electron chi connectivity index (χ3n) is 5.91. The number of carbonyl (C=O) groups excluding carboxylic acids is 3. The molecule has 0 spiro atoms. The van der Waals surface area contributed by atoms with Crippen LogP contribution in [0.1, 0.15) is 35.0 Å². The molecule has 4 rings (SSSR count). The molecule has 0 aliphatic carbocycles. The van der Waals surface area contributed by atoms with Crippen molar-refractivity contribution in [2.24, 2.45) is 0 Å². The van der Waals surface area contributed by atoms with Gasteiger partial charge in [0.05, 0.1) is 5.69 Å². The summed E-state index contributed by atoms with van der Waals surface area (Å²) in [6.45, 7) is 9.23. The number of amides is 3.